The summed E-state index contributed by atoms with van der Waals surface area (Å²) in [6, 6.07) is 15.2. The van der Waals surface area contributed by atoms with Crippen molar-refractivity contribution in [3.05, 3.63) is 95.4 Å². The zero-order valence-corrected chi connectivity index (χ0v) is 16.6. The van der Waals surface area contributed by atoms with Crippen molar-refractivity contribution in [1.29, 1.82) is 0 Å². The lowest BCUT2D eigenvalue weighted by Crippen LogP contribution is -2.07. The van der Waals surface area contributed by atoms with Gasteiger partial charge in [-0.15, -0.1) is 0 Å². The third-order valence-corrected chi connectivity index (χ3v) is 4.85. The lowest BCUT2D eigenvalue weighted by atomic mass is 9.99. The van der Waals surface area contributed by atoms with Crippen molar-refractivity contribution in [3.63, 3.8) is 0 Å². The van der Waals surface area contributed by atoms with Crippen molar-refractivity contribution in [1.82, 2.24) is 14.9 Å². The van der Waals surface area contributed by atoms with Crippen LogP contribution >= 0.6 is 0 Å². The van der Waals surface area contributed by atoms with Gasteiger partial charge in [0.2, 0.25) is 0 Å². The number of hydrogen-bond acceptors (Lipinski definition) is 4. The average Bonchev–Trinajstić information content (AvgIpc) is 3.11. The average molecular weight is 424 g/mol. The number of fused-ring (bicyclic) bond motifs is 1. The fourth-order valence-electron chi connectivity index (χ4n) is 3.43. The van der Waals surface area contributed by atoms with Gasteiger partial charge in [-0.2, -0.15) is 0 Å². The van der Waals surface area contributed by atoms with Crippen LogP contribution in [-0.2, 0) is 4.84 Å². The number of pyridine rings is 1. The predicted molar refractivity (Wildman–Crippen MR) is 113 cm³/mol. The van der Waals surface area contributed by atoms with Crippen molar-refractivity contribution >= 4 is 17.0 Å². The largest absolute Gasteiger partial charge is 0.382 e. The standard InChI is InChI=1S/C23H19F3N4O/c1-28-31-12-11-16(14-5-3-2-4-6-14)15-7-10-19-29-23(27)22(30(19)13-15)17-8-9-18(24)21(26)20(17)25/h2-11,13,28H,12,27H2,1H3/b16-11+. The van der Waals surface area contributed by atoms with E-state index in [1.165, 1.54) is 0 Å². The number of nitrogens with two attached hydrogens (primary N) is 1. The van der Waals surface area contributed by atoms with Crippen molar-refractivity contribution < 1.29 is 18.0 Å². The number of nitrogens with one attached hydrogen (secondary N) is 1. The Morgan fingerprint density at radius 3 is 2.55 bits per heavy atom. The van der Waals surface area contributed by atoms with Gasteiger partial charge in [-0.05, 0) is 47.0 Å². The first kappa shape index (κ1) is 20.6. The van der Waals surface area contributed by atoms with Crippen LogP contribution in [0.4, 0.5) is 19.0 Å². The molecule has 158 valence electrons. The summed E-state index contributed by atoms with van der Waals surface area (Å²) in [6.45, 7) is 0.301. The highest BCUT2D eigenvalue weighted by molar-refractivity contribution is 5.82. The highest BCUT2D eigenvalue weighted by Crippen LogP contribution is 2.33. The van der Waals surface area contributed by atoms with Gasteiger partial charge in [-0.1, -0.05) is 30.3 Å². The van der Waals surface area contributed by atoms with Gasteiger partial charge >= 0.3 is 0 Å². The van der Waals surface area contributed by atoms with Crippen LogP contribution < -0.4 is 11.2 Å². The highest BCUT2D eigenvalue weighted by Gasteiger charge is 2.21. The second kappa shape index (κ2) is 8.63. The smallest absolute Gasteiger partial charge is 0.195 e. The molecule has 0 fully saturated rings. The molecular weight excluding hydrogens is 405 g/mol. The Morgan fingerprint density at radius 2 is 1.81 bits per heavy atom. The molecule has 2 heterocycles. The van der Waals surface area contributed by atoms with Gasteiger partial charge in [0.25, 0.3) is 0 Å². The van der Waals surface area contributed by atoms with E-state index in [-0.39, 0.29) is 17.1 Å². The minimum atomic E-state index is -1.56. The molecule has 3 N–H and O–H groups in total. The van der Waals surface area contributed by atoms with Gasteiger partial charge in [0.1, 0.15) is 5.65 Å². The molecule has 0 bridgehead atoms. The van der Waals surface area contributed by atoms with Crippen LogP contribution in [0.1, 0.15) is 11.1 Å². The molecule has 0 unspecified atom stereocenters. The third-order valence-electron chi connectivity index (χ3n) is 4.85. The molecule has 0 atom stereocenters. The molecule has 0 aliphatic heterocycles. The van der Waals surface area contributed by atoms with Gasteiger partial charge in [-0.25, -0.2) is 23.6 Å². The summed E-state index contributed by atoms with van der Waals surface area (Å²) in [5.74, 6) is -4.14. The summed E-state index contributed by atoms with van der Waals surface area (Å²) >= 11 is 0. The minimum absolute atomic E-state index is 0.00538. The Labute approximate surface area is 176 Å². The molecule has 4 aromatic rings. The zero-order valence-electron chi connectivity index (χ0n) is 16.6. The molecular formula is C23H19F3N4O. The number of halogens is 3. The van der Waals surface area contributed by atoms with E-state index in [0.29, 0.717) is 12.3 Å². The van der Waals surface area contributed by atoms with E-state index < -0.39 is 17.5 Å². The molecule has 0 amide bonds. The fraction of sp³-hybridized carbons (Fsp3) is 0.0870. The van der Waals surface area contributed by atoms with E-state index >= 15 is 0 Å². The molecule has 5 nitrogen and oxygen atoms in total. The first-order valence-corrected chi connectivity index (χ1v) is 9.47. The number of nitrogen functional groups attached to an aromatic ring is 1. The predicted octanol–water partition coefficient (Wildman–Crippen LogP) is 4.58. The number of benzene rings is 2. The summed E-state index contributed by atoms with van der Waals surface area (Å²) in [6.07, 6.45) is 3.62. The molecule has 0 saturated carbocycles. The van der Waals surface area contributed by atoms with Gasteiger partial charge in [0.15, 0.2) is 23.3 Å². The van der Waals surface area contributed by atoms with Crippen LogP contribution in [-0.4, -0.2) is 23.0 Å². The first-order chi connectivity index (χ1) is 15.0. The Hall–Kier alpha value is -3.62. The van der Waals surface area contributed by atoms with Gasteiger partial charge in [0.05, 0.1) is 12.3 Å². The van der Waals surface area contributed by atoms with E-state index in [0.717, 1.165) is 28.8 Å². The van der Waals surface area contributed by atoms with Crippen molar-refractivity contribution in [2.24, 2.45) is 0 Å². The topological polar surface area (TPSA) is 64.6 Å². The number of nitrogens with zero attached hydrogens (tertiary/aromatic N) is 2. The van der Waals surface area contributed by atoms with Crippen LogP contribution in [0, 0.1) is 17.5 Å². The molecule has 0 radical (unpaired) electrons. The molecule has 0 aliphatic rings. The van der Waals surface area contributed by atoms with Crippen LogP contribution in [0.5, 0.6) is 0 Å². The Balaban J connectivity index is 1.90. The number of rotatable bonds is 6. The summed E-state index contributed by atoms with van der Waals surface area (Å²) < 4.78 is 43.4. The van der Waals surface area contributed by atoms with Gasteiger partial charge in [-0.3, -0.25) is 9.24 Å². The molecule has 31 heavy (non-hydrogen) atoms. The Morgan fingerprint density at radius 1 is 1.03 bits per heavy atom. The number of anilines is 1. The molecule has 0 aliphatic carbocycles. The molecule has 2 aromatic heterocycles. The van der Waals surface area contributed by atoms with Gasteiger partial charge in [0, 0.05) is 18.8 Å². The third kappa shape index (κ3) is 3.90. The van der Waals surface area contributed by atoms with Crippen LogP contribution in [0.3, 0.4) is 0 Å². The van der Waals surface area contributed by atoms with E-state index in [1.807, 2.05) is 42.5 Å². The lowest BCUT2D eigenvalue weighted by molar-refractivity contribution is 0.0813. The van der Waals surface area contributed by atoms with Crippen molar-refractivity contribution in [2.75, 3.05) is 19.4 Å². The summed E-state index contributed by atoms with van der Waals surface area (Å²) in [4.78, 5) is 9.47. The maximum absolute atomic E-state index is 14.5. The normalized spacial score (nSPS) is 11.9. The van der Waals surface area contributed by atoms with Crippen molar-refractivity contribution in [3.8, 4) is 11.3 Å². The van der Waals surface area contributed by atoms with E-state index in [9.17, 15) is 13.2 Å². The monoisotopic (exact) mass is 424 g/mol. The second-order valence-corrected chi connectivity index (χ2v) is 6.71. The fourth-order valence-corrected chi connectivity index (χ4v) is 3.43. The highest BCUT2D eigenvalue weighted by atomic mass is 19.2. The summed E-state index contributed by atoms with van der Waals surface area (Å²) in [5.41, 5.74) is 11.6. The maximum atomic E-state index is 14.5. The molecule has 2 aromatic carbocycles. The molecule has 8 heteroatoms. The molecule has 0 spiro atoms. The molecule has 4 rings (SSSR count). The number of imidazole rings is 1. The number of aromatic nitrogens is 2. The van der Waals surface area contributed by atoms with Crippen LogP contribution in [0.2, 0.25) is 0 Å². The number of hydrogen-bond donors (Lipinski definition) is 2. The SMILES string of the molecule is CNOC/C=C(\c1ccccc1)c1ccc2nc(N)c(-c3ccc(F)c(F)c3F)n2c1. The Bertz CT molecular complexity index is 1270. The van der Waals surface area contributed by atoms with Gasteiger partial charge < -0.3 is 5.73 Å². The Kier molecular flexibility index (Phi) is 5.75. The zero-order chi connectivity index (χ0) is 22.0. The summed E-state index contributed by atoms with van der Waals surface area (Å²) in [5, 5.41) is 0. The van der Waals surface area contributed by atoms with E-state index in [1.54, 1.807) is 23.7 Å². The first-order valence-electron chi connectivity index (χ1n) is 9.47. The maximum Gasteiger partial charge on any atom is 0.195 e. The number of hydroxylamine groups is 1. The van der Waals surface area contributed by atoms with E-state index in [4.69, 9.17) is 10.6 Å². The second-order valence-electron chi connectivity index (χ2n) is 6.71. The van der Waals surface area contributed by atoms with E-state index in [2.05, 4.69) is 10.5 Å². The van der Waals surface area contributed by atoms with Crippen LogP contribution in [0.25, 0.3) is 22.5 Å². The van der Waals surface area contributed by atoms with Crippen molar-refractivity contribution in [2.45, 2.75) is 0 Å². The summed E-state index contributed by atoms with van der Waals surface area (Å²) in [7, 11) is 1.67. The molecule has 0 saturated heterocycles. The minimum Gasteiger partial charge on any atom is -0.382 e. The lowest BCUT2D eigenvalue weighted by Gasteiger charge is -2.11. The van der Waals surface area contributed by atoms with Crippen LogP contribution in [0.15, 0.2) is 66.9 Å². The quantitative estimate of drug-likeness (QED) is 0.270.